The summed E-state index contributed by atoms with van der Waals surface area (Å²) in [6.07, 6.45) is 6.40. The molecule has 1 aliphatic carbocycles. The molecule has 0 bridgehead atoms. The highest BCUT2D eigenvalue weighted by molar-refractivity contribution is 6.31. The van der Waals surface area contributed by atoms with Gasteiger partial charge in [-0.1, -0.05) is 17.7 Å². The van der Waals surface area contributed by atoms with E-state index in [1.165, 1.54) is 12.8 Å². The van der Waals surface area contributed by atoms with Crippen LogP contribution in [0.4, 0.5) is 5.69 Å². The Labute approximate surface area is 214 Å². The number of aryl methyl sites for hydroxylation is 2. The van der Waals surface area contributed by atoms with E-state index in [0.717, 1.165) is 58.4 Å². The molecule has 1 aromatic heterocycles. The zero-order valence-electron chi connectivity index (χ0n) is 21.8. The van der Waals surface area contributed by atoms with E-state index in [9.17, 15) is 4.79 Å². The Kier molecular flexibility index (Phi) is 7.72. The molecule has 0 aliphatic heterocycles. The van der Waals surface area contributed by atoms with Crippen LogP contribution in [0.25, 0.3) is 11.0 Å². The van der Waals surface area contributed by atoms with Gasteiger partial charge in [-0.3, -0.25) is 4.79 Å². The summed E-state index contributed by atoms with van der Waals surface area (Å²) < 4.78 is 0. The molecule has 1 amide bonds. The molecule has 0 radical (unpaired) electrons. The number of halogens is 1. The largest absolute Gasteiger partial charge is 0.369 e. The molecule has 188 valence electrons. The van der Waals surface area contributed by atoms with E-state index < -0.39 is 0 Å². The molecule has 4 rings (SSSR count). The van der Waals surface area contributed by atoms with E-state index in [1.54, 1.807) is 12.4 Å². The third-order valence-electron chi connectivity index (χ3n) is 7.73. The molecule has 0 unspecified atom stereocenters. The maximum Gasteiger partial charge on any atom is 0.251 e. The molecule has 1 saturated carbocycles. The summed E-state index contributed by atoms with van der Waals surface area (Å²) in [6, 6.07) is 7.05. The lowest BCUT2D eigenvalue weighted by atomic mass is 9.89. The Morgan fingerprint density at radius 1 is 1.09 bits per heavy atom. The Balaban J connectivity index is 1.56. The van der Waals surface area contributed by atoms with Crippen LogP contribution in [0.5, 0.6) is 0 Å². The molecular weight excluding hydrogens is 458 g/mol. The first-order valence-electron chi connectivity index (χ1n) is 12.6. The number of hydrogen-bond acceptors (Lipinski definition) is 4. The second kappa shape index (κ2) is 10.6. The second-order valence-electron chi connectivity index (χ2n) is 10.1. The van der Waals surface area contributed by atoms with Crippen molar-refractivity contribution in [2.75, 3.05) is 25.5 Å². The third-order valence-corrected chi connectivity index (χ3v) is 7.94. The van der Waals surface area contributed by atoms with E-state index in [4.69, 9.17) is 11.6 Å². The van der Waals surface area contributed by atoms with E-state index in [-0.39, 0.29) is 5.91 Å². The van der Waals surface area contributed by atoms with Crippen molar-refractivity contribution in [1.29, 1.82) is 0 Å². The van der Waals surface area contributed by atoms with Crippen molar-refractivity contribution in [3.05, 3.63) is 57.4 Å². The van der Waals surface area contributed by atoms with Crippen molar-refractivity contribution in [1.82, 2.24) is 20.2 Å². The summed E-state index contributed by atoms with van der Waals surface area (Å²) in [7, 11) is 4.34. The van der Waals surface area contributed by atoms with Crippen molar-refractivity contribution in [3.63, 3.8) is 0 Å². The predicted octanol–water partition coefficient (Wildman–Crippen LogP) is 5.77. The summed E-state index contributed by atoms with van der Waals surface area (Å²) in [5.74, 6) is -0.105. The topological polar surface area (TPSA) is 64.3 Å². The normalized spacial score (nSPS) is 18.3. The van der Waals surface area contributed by atoms with Crippen molar-refractivity contribution in [3.8, 4) is 0 Å². The number of H-pyrrole nitrogens is 1. The van der Waals surface area contributed by atoms with Crippen LogP contribution in [0, 0.1) is 20.8 Å². The minimum Gasteiger partial charge on any atom is -0.369 e. The van der Waals surface area contributed by atoms with Crippen LogP contribution in [0.3, 0.4) is 0 Å². The molecule has 7 heteroatoms. The molecule has 3 aromatic rings. The lowest BCUT2D eigenvalue weighted by molar-refractivity contribution is 0.0950. The van der Waals surface area contributed by atoms with Crippen LogP contribution in [0.1, 0.15) is 65.2 Å². The molecule has 35 heavy (non-hydrogen) atoms. The summed E-state index contributed by atoms with van der Waals surface area (Å²) in [5, 5.41) is 3.73. The van der Waals surface area contributed by atoms with Crippen LogP contribution in [0.15, 0.2) is 24.5 Å². The van der Waals surface area contributed by atoms with Crippen molar-refractivity contribution >= 4 is 34.2 Å². The second-order valence-corrected chi connectivity index (χ2v) is 10.5. The fourth-order valence-corrected chi connectivity index (χ4v) is 5.92. The lowest BCUT2D eigenvalue weighted by Gasteiger charge is -2.40. The number of nitrogens with zero attached hydrogens (tertiary/aromatic N) is 3. The molecule has 0 spiro atoms. The SMILES string of the molecule is CCN(c1cc(Cl)cc(C(=O)NCc2c(C)cc(C)c3nc[nH]c23)c1C)C1CCC(N(C)C)CC1. The first kappa shape index (κ1) is 25.5. The fraction of sp³-hybridized carbons (Fsp3) is 0.500. The number of aromatic amines is 1. The van der Waals surface area contributed by atoms with Crippen molar-refractivity contribution < 1.29 is 4.79 Å². The molecule has 0 atom stereocenters. The zero-order valence-corrected chi connectivity index (χ0v) is 22.6. The lowest BCUT2D eigenvalue weighted by Crippen LogP contribution is -2.42. The van der Waals surface area contributed by atoms with Gasteiger partial charge < -0.3 is 20.1 Å². The van der Waals surface area contributed by atoms with Gasteiger partial charge in [-0.15, -0.1) is 0 Å². The van der Waals surface area contributed by atoms with Gasteiger partial charge in [-0.2, -0.15) is 0 Å². The van der Waals surface area contributed by atoms with Crippen molar-refractivity contribution in [2.45, 2.75) is 72.0 Å². The highest BCUT2D eigenvalue weighted by atomic mass is 35.5. The summed E-state index contributed by atoms with van der Waals surface area (Å²) in [4.78, 5) is 25.8. The van der Waals surface area contributed by atoms with Crippen LogP contribution in [0.2, 0.25) is 5.02 Å². The molecular formula is C28H38ClN5O. The maximum atomic E-state index is 13.4. The van der Waals surface area contributed by atoms with Gasteiger partial charge in [-0.25, -0.2) is 4.98 Å². The molecule has 1 fully saturated rings. The Morgan fingerprint density at radius 2 is 1.77 bits per heavy atom. The van der Waals surface area contributed by atoms with Gasteiger partial charge in [0.2, 0.25) is 0 Å². The van der Waals surface area contributed by atoms with Gasteiger partial charge in [0.15, 0.2) is 0 Å². The molecule has 1 aliphatic rings. The summed E-state index contributed by atoms with van der Waals surface area (Å²) in [5.41, 5.74) is 7.94. The molecule has 0 saturated heterocycles. The van der Waals surface area contributed by atoms with Crippen LogP contribution in [-0.2, 0) is 6.54 Å². The monoisotopic (exact) mass is 495 g/mol. The van der Waals surface area contributed by atoms with E-state index in [1.807, 2.05) is 13.0 Å². The number of carbonyl (C=O) groups excluding carboxylic acids is 1. The predicted molar refractivity (Wildman–Crippen MR) is 146 cm³/mol. The van der Waals surface area contributed by atoms with Crippen LogP contribution < -0.4 is 10.2 Å². The average molecular weight is 496 g/mol. The number of rotatable bonds is 7. The molecule has 2 aromatic carbocycles. The minimum absolute atomic E-state index is 0.105. The van der Waals surface area contributed by atoms with Gasteiger partial charge in [0.05, 0.1) is 17.4 Å². The third kappa shape index (κ3) is 5.19. The number of amides is 1. The van der Waals surface area contributed by atoms with Gasteiger partial charge in [-0.05, 0) is 102 Å². The van der Waals surface area contributed by atoms with E-state index in [0.29, 0.717) is 29.2 Å². The highest BCUT2D eigenvalue weighted by Gasteiger charge is 2.28. The summed E-state index contributed by atoms with van der Waals surface area (Å²) >= 11 is 6.57. The first-order chi connectivity index (χ1) is 16.7. The Hall–Kier alpha value is -2.57. The first-order valence-corrected chi connectivity index (χ1v) is 13.0. The number of fused-ring (bicyclic) bond motifs is 1. The molecule has 2 N–H and O–H groups in total. The Bertz CT molecular complexity index is 1210. The summed E-state index contributed by atoms with van der Waals surface area (Å²) in [6.45, 7) is 9.67. The number of carbonyl (C=O) groups is 1. The number of anilines is 1. The van der Waals surface area contributed by atoms with Gasteiger partial charge in [0, 0.05) is 41.4 Å². The number of hydrogen-bond donors (Lipinski definition) is 2. The van der Waals surface area contributed by atoms with E-state index in [2.05, 4.69) is 66.0 Å². The molecule has 1 heterocycles. The molecule has 6 nitrogen and oxygen atoms in total. The van der Waals surface area contributed by atoms with Crippen LogP contribution in [-0.4, -0.2) is 53.5 Å². The number of nitrogens with one attached hydrogen (secondary N) is 2. The number of aromatic nitrogens is 2. The van der Waals surface area contributed by atoms with Gasteiger partial charge >= 0.3 is 0 Å². The standard InChI is InChI=1S/C28H38ClN5O/c1-7-34(22-10-8-21(9-11-22)33(5)6)25-14-20(29)13-23(19(25)4)28(35)30-15-24-17(2)12-18(3)26-27(24)32-16-31-26/h12-14,16,21-22H,7-11,15H2,1-6H3,(H,30,35)(H,31,32). The zero-order chi connectivity index (χ0) is 25.3. The Morgan fingerprint density at radius 3 is 2.43 bits per heavy atom. The van der Waals surface area contributed by atoms with Gasteiger partial charge in [0.1, 0.15) is 0 Å². The minimum atomic E-state index is -0.105. The van der Waals surface area contributed by atoms with Gasteiger partial charge in [0.25, 0.3) is 5.91 Å². The average Bonchev–Trinajstić information content (AvgIpc) is 3.32. The van der Waals surface area contributed by atoms with Crippen LogP contribution >= 0.6 is 11.6 Å². The highest BCUT2D eigenvalue weighted by Crippen LogP contribution is 2.34. The number of imidazole rings is 1. The van der Waals surface area contributed by atoms with E-state index >= 15 is 0 Å². The smallest absolute Gasteiger partial charge is 0.251 e. The fourth-order valence-electron chi connectivity index (χ4n) is 5.70. The quantitative estimate of drug-likeness (QED) is 0.436. The number of benzene rings is 2. The maximum absolute atomic E-state index is 13.4. The van der Waals surface area contributed by atoms with Crippen molar-refractivity contribution in [2.24, 2.45) is 0 Å².